The van der Waals surface area contributed by atoms with Crippen molar-refractivity contribution >= 4 is 55.1 Å². The van der Waals surface area contributed by atoms with E-state index in [1.165, 1.54) is 18.2 Å². The van der Waals surface area contributed by atoms with Gasteiger partial charge in [0.15, 0.2) is 5.78 Å². The van der Waals surface area contributed by atoms with Crippen molar-refractivity contribution in [3.8, 4) is 0 Å². The van der Waals surface area contributed by atoms with Crippen LogP contribution in [0.1, 0.15) is 15.9 Å². The molecule has 0 aliphatic carbocycles. The van der Waals surface area contributed by atoms with Crippen LogP contribution in [-0.4, -0.2) is 5.78 Å². The summed E-state index contributed by atoms with van der Waals surface area (Å²) in [6.07, 6.45) is 0. The highest BCUT2D eigenvalue weighted by molar-refractivity contribution is 14.1. The van der Waals surface area contributed by atoms with E-state index in [0.29, 0.717) is 14.7 Å². The molecule has 0 heterocycles. The molecule has 0 amide bonds. The number of ketones is 1. The summed E-state index contributed by atoms with van der Waals surface area (Å²) in [5, 5.41) is 1.87. The summed E-state index contributed by atoms with van der Waals surface area (Å²) < 4.78 is 14.8. The van der Waals surface area contributed by atoms with Gasteiger partial charge >= 0.3 is 0 Å². The summed E-state index contributed by atoms with van der Waals surface area (Å²) in [7, 11) is 0. The Morgan fingerprint density at radius 1 is 0.952 bits per heavy atom. The molecule has 0 saturated carbocycles. The van der Waals surface area contributed by atoms with E-state index >= 15 is 0 Å². The molecule has 0 aromatic heterocycles. The van der Waals surface area contributed by atoms with E-state index in [1.54, 1.807) is 6.07 Å². The molecule has 104 valence electrons. The molecule has 0 fully saturated rings. The highest BCUT2D eigenvalue weighted by atomic mass is 127. The molecule has 3 aromatic rings. The van der Waals surface area contributed by atoms with E-state index in [1.807, 2.05) is 52.9 Å². The van der Waals surface area contributed by atoms with E-state index in [2.05, 4.69) is 15.9 Å². The number of benzene rings is 3. The van der Waals surface area contributed by atoms with Gasteiger partial charge in [0, 0.05) is 19.2 Å². The maximum absolute atomic E-state index is 13.2. The lowest BCUT2D eigenvalue weighted by atomic mass is 9.97. The fourth-order valence-corrected chi connectivity index (χ4v) is 3.48. The summed E-state index contributed by atoms with van der Waals surface area (Å²) >= 11 is 5.49. The van der Waals surface area contributed by atoms with E-state index in [0.717, 1.165) is 15.2 Å². The first-order valence-electron chi connectivity index (χ1n) is 6.25. The second-order valence-corrected chi connectivity index (χ2v) is 6.61. The highest BCUT2D eigenvalue weighted by Gasteiger charge is 2.16. The number of rotatable bonds is 2. The number of fused-ring (bicyclic) bond motifs is 1. The van der Waals surface area contributed by atoms with Gasteiger partial charge in [-0.1, -0.05) is 40.2 Å². The molecular weight excluding hydrogens is 446 g/mol. The highest BCUT2D eigenvalue weighted by Crippen LogP contribution is 2.29. The third kappa shape index (κ3) is 2.74. The first-order valence-corrected chi connectivity index (χ1v) is 8.12. The van der Waals surface area contributed by atoms with E-state index < -0.39 is 0 Å². The minimum absolute atomic E-state index is 0.0944. The molecule has 0 spiro atoms. The number of hydrogen-bond acceptors (Lipinski definition) is 1. The van der Waals surface area contributed by atoms with Crippen LogP contribution < -0.4 is 0 Å². The lowest BCUT2D eigenvalue weighted by Crippen LogP contribution is -2.05. The Morgan fingerprint density at radius 3 is 2.33 bits per heavy atom. The first-order chi connectivity index (χ1) is 10.1. The van der Waals surface area contributed by atoms with Crippen LogP contribution in [0.3, 0.4) is 0 Å². The van der Waals surface area contributed by atoms with Crippen molar-refractivity contribution in [1.29, 1.82) is 0 Å². The lowest BCUT2D eigenvalue weighted by Gasteiger charge is -2.09. The van der Waals surface area contributed by atoms with Gasteiger partial charge in [0.1, 0.15) is 5.82 Å². The second-order valence-electron chi connectivity index (χ2n) is 4.59. The van der Waals surface area contributed by atoms with Gasteiger partial charge in [-0.05, 0) is 63.7 Å². The minimum atomic E-state index is -0.336. The van der Waals surface area contributed by atoms with Crippen molar-refractivity contribution in [2.45, 2.75) is 0 Å². The van der Waals surface area contributed by atoms with Gasteiger partial charge in [0.25, 0.3) is 0 Å². The summed E-state index contributed by atoms with van der Waals surface area (Å²) in [5.41, 5.74) is 1.14. The molecule has 0 unspecified atom stereocenters. The molecule has 0 aliphatic heterocycles. The molecule has 1 nitrogen and oxygen atoms in total. The molecule has 0 aliphatic rings. The van der Waals surface area contributed by atoms with Crippen molar-refractivity contribution < 1.29 is 9.18 Å². The topological polar surface area (TPSA) is 17.1 Å². The van der Waals surface area contributed by atoms with Crippen LogP contribution in [0.25, 0.3) is 10.8 Å². The van der Waals surface area contributed by atoms with Crippen molar-refractivity contribution in [3.63, 3.8) is 0 Å². The van der Waals surface area contributed by atoms with Gasteiger partial charge < -0.3 is 0 Å². The standard InChI is InChI=1S/C17H9BrFIO/c18-15-8-7-13(11-3-1-2-4-12(11)15)17(21)14-6-5-10(19)9-16(14)20/h1-9H. The van der Waals surface area contributed by atoms with Gasteiger partial charge in [-0.2, -0.15) is 0 Å². The molecule has 0 radical (unpaired) electrons. The zero-order chi connectivity index (χ0) is 15.0. The first kappa shape index (κ1) is 14.7. The van der Waals surface area contributed by atoms with Crippen LogP contribution in [0.5, 0.6) is 0 Å². The van der Waals surface area contributed by atoms with Crippen LogP contribution >= 0.6 is 38.5 Å². The quantitative estimate of drug-likeness (QED) is 0.365. The molecule has 3 aromatic carbocycles. The normalized spacial score (nSPS) is 10.8. The molecular formula is C17H9BrFIO. The Balaban J connectivity index is 2.21. The molecule has 3 rings (SSSR count). The van der Waals surface area contributed by atoms with E-state index in [9.17, 15) is 9.18 Å². The van der Waals surface area contributed by atoms with Crippen LogP contribution in [0.2, 0.25) is 0 Å². The summed E-state index contributed by atoms with van der Waals surface area (Å²) in [4.78, 5) is 12.8. The van der Waals surface area contributed by atoms with E-state index in [4.69, 9.17) is 0 Å². The molecule has 0 bridgehead atoms. The van der Waals surface area contributed by atoms with Crippen LogP contribution in [0, 0.1) is 9.39 Å². The predicted octanol–water partition coefficient (Wildman–Crippen LogP) is 5.58. The molecule has 21 heavy (non-hydrogen) atoms. The smallest absolute Gasteiger partial charge is 0.194 e. The Bertz CT molecular complexity index is 861. The van der Waals surface area contributed by atoms with Crippen LogP contribution in [0.4, 0.5) is 4.39 Å². The average Bonchev–Trinajstić information content (AvgIpc) is 2.47. The summed E-state index contributed by atoms with van der Waals surface area (Å²) in [6, 6.07) is 15.6. The van der Waals surface area contributed by atoms with Gasteiger partial charge in [0.05, 0.1) is 0 Å². The molecule has 0 atom stereocenters. The third-order valence-electron chi connectivity index (χ3n) is 3.29. The summed E-state index contributed by atoms with van der Waals surface area (Å²) in [5.74, 6) is -0.431. The fourth-order valence-electron chi connectivity index (χ4n) is 2.28. The van der Waals surface area contributed by atoms with Crippen molar-refractivity contribution in [3.05, 3.63) is 79.6 Å². The SMILES string of the molecule is O=C(c1ccc(F)cc1I)c1ccc(Br)c2ccccc12. The fraction of sp³-hybridized carbons (Fsp3) is 0. The maximum atomic E-state index is 13.2. The van der Waals surface area contributed by atoms with Crippen LogP contribution in [0.15, 0.2) is 59.1 Å². The Labute approximate surface area is 143 Å². The van der Waals surface area contributed by atoms with Crippen molar-refractivity contribution in [2.75, 3.05) is 0 Å². The van der Waals surface area contributed by atoms with Gasteiger partial charge in [-0.15, -0.1) is 0 Å². The van der Waals surface area contributed by atoms with Crippen molar-refractivity contribution in [1.82, 2.24) is 0 Å². The summed E-state index contributed by atoms with van der Waals surface area (Å²) in [6.45, 7) is 0. The molecule has 0 N–H and O–H groups in total. The molecule has 0 saturated heterocycles. The monoisotopic (exact) mass is 454 g/mol. The number of carbonyl (C=O) groups is 1. The van der Waals surface area contributed by atoms with Gasteiger partial charge in [-0.3, -0.25) is 4.79 Å². The Morgan fingerprint density at radius 2 is 1.62 bits per heavy atom. The number of carbonyl (C=O) groups excluding carboxylic acids is 1. The van der Waals surface area contributed by atoms with E-state index in [-0.39, 0.29) is 11.6 Å². The second kappa shape index (κ2) is 5.85. The maximum Gasteiger partial charge on any atom is 0.194 e. The number of hydrogen-bond donors (Lipinski definition) is 0. The Hall–Kier alpha value is -1.27. The Kier molecular flexibility index (Phi) is 4.08. The zero-order valence-corrected chi connectivity index (χ0v) is 14.5. The minimum Gasteiger partial charge on any atom is -0.289 e. The zero-order valence-electron chi connectivity index (χ0n) is 10.7. The average molecular weight is 455 g/mol. The van der Waals surface area contributed by atoms with Gasteiger partial charge in [0.2, 0.25) is 0 Å². The number of halogens is 3. The van der Waals surface area contributed by atoms with Crippen molar-refractivity contribution in [2.24, 2.45) is 0 Å². The third-order valence-corrected chi connectivity index (χ3v) is 4.88. The predicted molar refractivity (Wildman–Crippen MR) is 94.2 cm³/mol. The van der Waals surface area contributed by atoms with Crippen LogP contribution in [-0.2, 0) is 0 Å². The van der Waals surface area contributed by atoms with Gasteiger partial charge in [-0.25, -0.2) is 4.39 Å². The molecule has 4 heteroatoms. The largest absolute Gasteiger partial charge is 0.289 e. The lowest BCUT2D eigenvalue weighted by molar-refractivity contribution is 0.103.